The Kier molecular flexibility index (Phi) is 4.94. The van der Waals surface area contributed by atoms with Crippen LogP contribution in [0.2, 0.25) is 0 Å². The second-order valence-electron chi connectivity index (χ2n) is 4.03. The zero-order valence-corrected chi connectivity index (χ0v) is 12.7. The van der Waals surface area contributed by atoms with Gasteiger partial charge in [0.25, 0.3) is 0 Å². The molecule has 2 aromatic rings. The summed E-state index contributed by atoms with van der Waals surface area (Å²) in [5, 5.41) is 11.5. The van der Waals surface area contributed by atoms with Gasteiger partial charge >= 0.3 is 5.97 Å². The topological polar surface area (TPSA) is 68.1 Å². The monoisotopic (exact) mass is 349 g/mol. The number of carbonyl (C=O) groups excluding carboxylic acids is 1. The van der Waals surface area contributed by atoms with Gasteiger partial charge < -0.3 is 14.7 Å². The molecule has 0 saturated heterocycles. The SMILES string of the molecule is COc1cc(C=NO)cc(Br)c1OC(=O)c1ccccc1. The van der Waals surface area contributed by atoms with Gasteiger partial charge in [0.05, 0.1) is 23.4 Å². The summed E-state index contributed by atoms with van der Waals surface area (Å²) in [5.41, 5.74) is 1.04. The quantitative estimate of drug-likeness (QED) is 0.301. The van der Waals surface area contributed by atoms with E-state index in [4.69, 9.17) is 14.7 Å². The molecule has 5 nitrogen and oxygen atoms in total. The number of methoxy groups -OCH3 is 1. The normalized spacial score (nSPS) is 10.6. The Bertz CT molecular complexity index is 671. The van der Waals surface area contributed by atoms with Crippen molar-refractivity contribution < 1.29 is 19.5 Å². The van der Waals surface area contributed by atoms with E-state index >= 15 is 0 Å². The summed E-state index contributed by atoms with van der Waals surface area (Å²) >= 11 is 3.31. The third-order valence-electron chi connectivity index (χ3n) is 2.66. The molecule has 1 N–H and O–H groups in total. The zero-order valence-electron chi connectivity index (χ0n) is 11.1. The number of oxime groups is 1. The van der Waals surface area contributed by atoms with Crippen molar-refractivity contribution in [3.63, 3.8) is 0 Å². The molecule has 0 aliphatic rings. The first-order valence-electron chi connectivity index (χ1n) is 5.98. The third-order valence-corrected chi connectivity index (χ3v) is 3.25. The average Bonchev–Trinajstić information content (AvgIpc) is 2.50. The highest BCUT2D eigenvalue weighted by atomic mass is 79.9. The Morgan fingerprint density at radius 3 is 2.62 bits per heavy atom. The van der Waals surface area contributed by atoms with Crippen molar-refractivity contribution >= 4 is 28.1 Å². The van der Waals surface area contributed by atoms with Gasteiger partial charge in [0.15, 0.2) is 11.5 Å². The molecule has 0 fully saturated rings. The van der Waals surface area contributed by atoms with E-state index in [0.29, 0.717) is 21.3 Å². The summed E-state index contributed by atoms with van der Waals surface area (Å²) in [6.07, 6.45) is 1.25. The van der Waals surface area contributed by atoms with Gasteiger partial charge in [-0.2, -0.15) is 0 Å². The van der Waals surface area contributed by atoms with E-state index in [1.54, 1.807) is 36.4 Å². The lowest BCUT2D eigenvalue weighted by Crippen LogP contribution is -2.09. The first-order chi connectivity index (χ1) is 10.2. The minimum atomic E-state index is -0.488. The largest absolute Gasteiger partial charge is 0.493 e. The summed E-state index contributed by atoms with van der Waals surface area (Å²) in [7, 11) is 1.46. The number of nitrogens with zero attached hydrogens (tertiary/aromatic N) is 1. The van der Waals surface area contributed by atoms with Crippen LogP contribution in [0.3, 0.4) is 0 Å². The van der Waals surface area contributed by atoms with Gasteiger partial charge in [-0.3, -0.25) is 0 Å². The molecule has 108 valence electrons. The molecule has 0 bridgehead atoms. The van der Waals surface area contributed by atoms with Crippen molar-refractivity contribution in [1.29, 1.82) is 0 Å². The smallest absolute Gasteiger partial charge is 0.343 e. The standard InChI is InChI=1S/C15H12BrNO4/c1-20-13-8-10(9-17-19)7-12(16)14(13)21-15(18)11-5-3-2-4-6-11/h2-9,19H,1H3. The number of halogens is 1. The van der Waals surface area contributed by atoms with Crippen LogP contribution in [-0.2, 0) is 0 Å². The fraction of sp³-hybridized carbons (Fsp3) is 0.0667. The molecule has 0 amide bonds. The number of esters is 1. The van der Waals surface area contributed by atoms with Crippen molar-refractivity contribution in [2.45, 2.75) is 0 Å². The molecule has 0 aliphatic heterocycles. The fourth-order valence-electron chi connectivity index (χ4n) is 1.71. The van der Waals surface area contributed by atoms with Crippen molar-refractivity contribution in [3.8, 4) is 11.5 Å². The predicted molar refractivity (Wildman–Crippen MR) is 81.5 cm³/mol. The first-order valence-corrected chi connectivity index (χ1v) is 6.77. The highest BCUT2D eigenvalue weighted by molar-refractivity contribution is 9.10. The number of rotatable bonds is 4. The minimum absolute atomic E-state index is 0.265. The van der Waals surface area contributed by atoms with Gasteiger partial charge in [0.1, 0.15) is 0 Å². The molecule has 6 heteroatoms. The number of hydrogen-bond donors (Lipinski definition) is 1. The maximum atomic E-state index is 12.1. The summed E-state index contributed by atoms with van der Waals surface area (Å²) in [5.74, 6) is 0.128. The molecule has 2 rings (SSSR count). The van der Waals surface area contributed by atoms with Gasteiger partial charge in [-0.25, -0.2) is 4.79 Å². The van der Waals surface area contributed by atoms with Crippen molar-refractivity contribution in [3.05, 3.63) is 58.1 Å². The van der Waals surface area contributed by atoms with E-state index in [9.17, 15) is 4.79 Å². The predicted octanol–water partition coefficient (Wildman–Crippen LogP) is 3.49. The lowest BCUT2D eigenvalue weighted by Gasteiger charge is -2.12. The van der Waals surface area contributed by atoms with Gasteiger partial charge in [-0.05, 0) is 40.2 Å². The van der Waals surface area contributed by atoms with Crippen LogP contribution in [0.15, 0.2) is 52.1 Å². The van der Waals surface area contributed by atoms with Crippen molar-refractivity contribution in [2.24, 2.45) is 5.16 Å². The average molecular weight is 350 g/mol. The van der Waals surface area contributed by atoms with Crippen molar-refractivity contribution in [1.82, 2.24) is 0 Å². The summed E-state index contributed by atoms with van der Waals surface area (Å²) in [6.45, 7) is 0. The van der Waals surface area contributed by atoms with Gasteiger partial charge in [-0.15, -0.1) is 0 Å². The van der Waals surface area contributed by atoms with Crippen LogP contribution in [0.5, 0.6) is 11.5 Å². The molecule has 0 aromatic heterocycles. The van der Waals surface area contributed by atoms with Crippen LogP contribution >= 0.6 is 15.9 Å². The molecule has 21 heavy (non-hydrogen) atoms. The molecule has 0 unspecified atom stereocenters. The fourth-order valence-corrected chi connectivity index (χ4v) is 2.25. The number of ether oxygens (including phenoxy) is 2. The van der Waals surface area contributed by atoms with E-state index in [1.807, 2.05) is 6.07 Å². The Morgan fingerprint density at radius 1 is 1.29 bits per heavy atom. The van der Waals surface area contributed by atoms with E-state index < -0.39 is 5.97 Å². The molecule has 0 heterocycles. The van der Waals surface area contributed by atoms with Gasteiger partial charge in [-0.1, -0.05) is 23.4 Å². The Labute approximate surface area is 129 Å². The van der Waals surface area contributed by atoms with E-state index in [2.05, 4.69) is 21.1 Å². The van der Waals surface area contributed by atoms with Crippen LogP contribution in [-0.4, -0.2) is 24.5 Å². The summed E-state index contributed by atoms with van der Waals surface area (Å²) in [6, 6.07) is 11.9. The molecule has 0 atom stereocenters. The summed E-state index contributed by atoms with van der Waals surface area (Å²) < 4.78 is 11.1. The Morgan fingerprint density at radius 2 is 2.00 bits per heavy atom. The highest BCUT2D eigenvalue weighted by Gasteiger charge is 2.16. The van der Waals surface area contributed by atoms with Gasteiger partial charge in [0, 0.05) is 5.56 Å². The Balaban J connectivity index is 2.33. The first kappa shape index (κ1) is 15.1. The van der Waals surface area contributed by atoms with Crippen LogP contribution in [0.1, 0.15) is 15.9 Å². The Hall–Kier alpha value is -2.34. The van der Waals surface area contributed by atoms with Crippen LogP contribution in [0.25, 0.3) is 0 Å². The highest BCUT2D eigenvalue weighted by Crippen LogP contribution is 2.36. The molecule has 0 aliphatic carbocycles. The maximum Gasteiger partial charge on any atom is 0.343 e. The van der Waals surface area contributed by atoms with E-state index in [-0.39, 0.29) is 5.75 Å². The minimum Gasteiger partial charge on any atom is -0.493 e. The molecular weight excluding hydrogens is 338 g/mol. The lowest BCUT2D eigenvalue weighted by molar-refractivity contribution is 0.0728. The number of hydrogen-bond acceptors (Lipinski definition) is 5. The maximum absolute atomic E-state index is 12.1. The second kappa shape index (κ2) is 6.90. The zero-order chi connectivity index (χ0) is 15.2. The van der Waals surface area contributed by atoms with Crippen LogP contribution in [0.4, 0.5) is 0 Å². The second-order valence-corrected chi connectivity index (χ2v) is 4.89. The van der Waals surface area contributed by atoms with E-state index in [1.165, 1.54) is 13.3 Å². The lowest BCUT2D eigenvalue weighted by atomic mass is 10.2. The van der Waals surface area contributed by atoms with Crippen LogP contribution in [0, 0.1) is 0 Å². The molecular formula is C15H12BrNO4. The van der Waals surface area contributed by atoms with Crippen molar-refractivity contribution in [2.75, 3.05) is 7.11 Å². The number of carbonyl (C=O) groups is 1. The van der Waals surface area contributed by atoms with E-state index in [0.717, 1.165) is 0 Å². The summed E-state index contributed by atoms with van der Waals surface area (Å²) in [4.78, 5) is 12.1. The molecule has 0 radical (unpaired) electrons. The number of benzene rings is 2. The molecule has 2 aromatic carbocycles. The van der Waals surface area contributed by atoms with Crippen LogP contribution < -0.4 is 9.47 Å². The molecule has 0 spiro atoms. The third kappa shape index (κ3) is 3.61. The molecule has 0 saturated carbocycles. The van der Waals surface area contributed by atoms with Gasteiger partial charge in [0.2, 0.25) is 0 Å².